The Morgan fingerprint density at radius 3 is 2.65 bits per heavy atom. The third-order valence-corrected chi connectivity index (χ3v) is 4.24. The monoisotopic (exact) mass is 398 g/mol. The SMILES string of the molecule is COC(=O)c1sccc1NC(=O)COC(=O)c1ccc(Cl)c([N+](=O)[O-])c1. The van der Waals surface area contributed by atoms with Gasteiger partial charge in [0, 0.05) is 6.07 Å². The molecule has 1 amide bonds. The number of benzene rings is 1. The van der Waals surface area contributed by atoms with Gasteiger partial charge in [0.15, 0.2) is 6.61 Å². The fourth-order valence-electron chi connectivity index (χ4n) is 1.84. The Labute approximate surface area is 155 Å². The molecule has 9 nitrogen and oxygen atoms in total. The summed E-state index contributed by atoms with van der Waals surface area (Å²) in [5.41, 5.74) is -0.351. The zero-order valence-electron chi connectivity index (χ0n) is 13.2. The molecule has 1 N–H and O–H groups in total. The van der Waals surface area contributed by atoms with Gasteiger partial charge in [0.05, 0.1) is 23.3 Å². The summed E-state index contributed by atoms with van der Waals surface area (Å²) in [5, 5.41) is 14.7. The standard InChI is InChI=1S/C15H11ClN2O7S/c1-24-15(21)13-10(4-5-26-13)17-12(19)7-25-14(20)8-2-3-9(16)11(6-8)18(22)23/h2-6H,7H2,1H3,(H,17,19). The lowest BCUT2D eigenvalue weighted by Gasteiger charge is -2.07. The second-order valence-electron chi connectivity index (χ2n) is 4.70. The van der Waals surface area contributed by atoms with Crippen molar-refractivity contribution in [3.8, 4) is 0 Å². The molecule has 0 saturated carbocycles. The molecule has 11 heteroatoms. The lowest BCUT2D eigenvalue weighted by atomic mass is 10.2. The molecule has 0 unspecified atom stereocenters. The van der Waals surface area contributed by atoms with Gasteiger partial charge in [-0.15, -0.1) is 11.3 Å². The number of hydrogen-bond donors (Lipinski definition) is 1. The number of ether oxygens (including phenoxy) is 2. The van der Waals surface area contributed by atoms with Crippen molar-refractivity contribution in [3.05, 3.63) is 55.2 Å². The summed E-state index contributed by atoms with van der Waals surface area (Å²) in [6.45, 7) is -0.647. The second-order valence-corrected chi connectivity index (χ2v) is 6.03. The number of rotatable bonds is 6. The highest BCUT2D eigenvalue weighted by molar-refractivity contribution is 7.12. The quantitative estimate of drug-likeness (QED) is 0.450. The van der Waals surface area contributed by atoms with Crippen LogP contribution in [0.1, 0.15) is 20.0 Å². The van der Waals surface area contributed by atoms with Gasteiger partial charge in [-0.3, -0.25) is 14.9 Å². The lowest BCUT2D eigenvalue weighted by molar-refractivity contribution is -0.384. The zero-order chi connectivity index (χ0) is 19.3. The van der Waals surface area contributed by atoms with Gasteiger partial charge in [0.2, 0.25) is 0 Å². The number of nitro benzene ring substituents is 1. The van der Waals surface area contributed by atoms with Crippen molar-refractivity contribution in [2.75, 3.05) is 19.0 Å². The number of nitrogens with one attached hydrogen (secondary N) is 1. The minimum Gasteiger partial charge on any atom is -0.465 e. The molecule has 0 spiro atoms. The topological polar surface area (TPSA) is 125 Å². The van der Waals surface area contributed by atoms with Crippen LogP contribution in [-0.2, 0) is 14.3 Å². The summed E-state index contributed by atoms with van der Waals surface area (Å²) in [4.78, 5) is 45.6. The highest BCUT2D eigenvalue weighted by atomic mass is 35.5. The Balaban J connectivity index is 1.98. The van der Waals surface area contributed by atoms with Crippen LogP contribution in [0.2, 0.25) is 5.02 Å². The second kappa shape index (κ2) is 8.41. The maximum Gasteiger partial charge on any atom is 0.350 e. The number of carbonyl (C=O) groups is 3. The van der Waals surface area contributed by atoms with E-state index in [9.17, 15) is 24.5 Å². The fraction of sp³-hybridized carbons (Fsp3) is 0.133. The molecule has 0 saturated heterocycles. The van der Waals surface area contributed by atoms with Gasteiger partial charge in [0.25, 0.3) is 11.6 Å². The van der Waals surface area contributed by atoms with E-state index in [0.29, 0.717) is 0 Å². The Morgan fingerprint density at radius 1 is 1.27 bits per heavy atom. The van der Waals surface area contributed by atoms with E-state index in [1.54, 1.807) is 5.38 Å². The van der Waals surface area contributed by atoms with Crippen molar-refractivity contribution in [2.24, 2.45) is 0 Å². The van der Waals surface area contributed by atoms with Gasteiger partial charge >= 0.3 is 11.9 Å². The van der Waals surface area contributed by atoms with E-state index in [-0.39, 0.29) is 21.2 Å². The molecule has 26 heavy (non-hydrogen) atoms. The van der Waals surface area contributed by atoms with Crippen LogP contribution in [-0.4, -0.2) is 36.5 Å². The average Bonchev–Trinajstić information content (AvgIpc) is 3.07. The van der Waals surface area contributed by atoms with Crippen LogP contribution in [0.25, 0.3) is 0 Å². The molecule has 1 aromatic heterocycles. The van der Waals surface area contributed by atoms with Crippen molar-refractivity contribution in [1.29, 1.82) is 0 Å². The molecule has 0 aliphatic rings. The average molecular weight is 399 g/mol. The maximum absolute atomic E-state index is 11.9. The number of methoxy groups -OCH3 is 1. The Morgan fingerprint density at radius 2 is 2.00 bits per heavy atom. The van der Waals surface area contributed by atoms with Gasteiger partial charge in [-0.05, 0) is 23.6 Å². The predicted octanol–water partition coefficient (Wildman–Crippen LogP) is 2.89. The highest BCUT2D eigenvalue weighted by Crippen LogP contribution is 2.25. The smallest absolute Gasteiger partial charge is 0.350 e. The lowest BCUT2D eigenvalue weighted by Crippen LogP contribution is -2.21. The summed E-state index contributed by atoms with van der Waals surface area (Å²) in [5.74, 6) is -2.23. The van der Waals surface area contributed by atoms with Crippen LogP contribution in [0.4, 0.5) is 11.4 Å². The van der Waals surface area contributed by atoms with Crippen LogP contribution in [0.15, 0.2) is 29.6 Å². The Hall–Kier alpha value is -2.98. The van der Waals surface area contributed by atoms with Gasteiger partial charge in [-0.2, -0.15) is 0 Å². The predicted molar refractivity (Wildman–Crippen MR) is 92.7 cm³/mol. The summed E-state index contributed by atoms with van der Waals surface area (Å²) in [7, 11) is 1.21. The van der Waals surface area contributed by atoms with Crippen molar-refractivity contribution in [2.45, 2.75) is 0 Å². The van der Waals surface area contributed by atoms with E-state index in [1.807, 2.05) is 0 Å². The zero-order valence-corrected chi connectivity index (χ0v) is 14.8. The van der Waals surface area contributed by atoms with Gasteiger partial charge < -0.3 is 14.8 Å². The number of halogens is 1. The summed E-state index contributed by atoms with van der Waals surface area (Å²) >= 11 is 6.74. The van der Waals surface area contributed by atoms with Gasteiger partial charge in [0.1, 0.15) is 9.90 Å². The molecule has 1 aromatic carbocycles. The largest absolute Gasteiger partial charge is 0.465 e. The van der Waals surface area contributed by atoms with Crippen LogP contribution in [0, 0.1) is 10.1 Å². The molecule has 1 heterocycles. The molecule has 2 rings (SSSR count). The molecule has 0 aliphatic heterocycles. The molecular weight excluding hydrogens is 388 g/mol. The molecule has 0 aliphatic carbocycles. The Bertz CT molecular complexity index is 881. The molecule has 0 atom stereocenters. The first-order valence-corrected chi connectivity index (χ1v) is 8.16. The van der Waals surface area contributed by atoms with E-state index < -0.39 is 35.1 Å². The number of nitrogens with zero attached hydrogens (tertiary/aromatic N) is 1. The van der Waals surface area contributed by atoms with E-state index in [1.165, 1.54) is 25.3 Å². The van der Waals surface area contributed by atoms with Crippen LogP contribution < -0.4 is 5.32 Å². The van der Waals surface area contributed by atoms with Crippen LogP contribution in [0.5, 0.6) is 0 Å². The van der Waals surface area contributed by atoms with Crippen molar-refractivity contribution in [1.82, 2.24) is 0 Å². The number of thiophene rings is 1. The van der Waals surface area contributed by atoms with Gasteiger partial charge in [-0.25, -0.2) is 9.59 Å². The van der Waals surface area contributed by atoms with Crippen LogP contribution >= 0.6 is 22.9 Å². The van der Waals surface area contributed by atoms with Crippen LogP contribution in [0.3, 0.4) is 0 Å². The van der Waals surface area contributed by atoms with Crippen molar-refractivity contribution >= 4 is 52.2 Å². The molecule has 0 radical (unpaired) electrons. The number of nitro groups is 1. The fourth-order valence-corrected chi connectivity index (χ4v) is 2.79. The van der Waals surface area contributed by atoms with E-state index in [4.69, 9.17) is 16.3 Å². The molecule has 2 aromatic rings. The van der Waals surface area contributed by atoms with E-state index >= 15 is 0 Å². The minimum atomic E-state index is -0.932. The van der Waals surface area contributed by atoms with Crippen molar-refractivity contribution in [3.63, 3.8) is 0 Å². The minimum absolute atomic E-state index is 0.125. The summed E-state index contributed by atoms with van der Waals surface area (Å²) in [6, 6.07) is 4.88. The van der Waals surface area contributed by atoms with E-state index in [0.717, 1.165) is 17.4 Å². The first-order valence-electron chi connectivity index (χ1n) is 6.90. The molecule has 136 valence electrons. The van der Waals surface area contributed by atoms with E-state index in [2.05, 4.69) is 10.1 Å². The first-order chi connectivity index (χ1) is 12.3. The number of hydrogen-bond acceptors (Lipinski definition) is 8. The third kappa shape index (κ3) is 4.55. The molecular formula is C15H11ClN2O7S. The maximum atomic E-state index is 11.9. The highest BCUT2D eigenvalue weighted by Gasteiger charge is 2.19. The molecule has 0 bridgehead atoms. The summed E-state index contributed by atoms with van der Waals surface area (Å²) in [6.07, 6.45) is 0. The Kier molecular flexibility index (Phi) is 6.26. The van der Waals surface area contributed by atoms with Crippen molar-refractivity contribution < 1.29 is 28.8 Å². The summed E-state index contributed by atoms with van der Waals surface area (Å²) < 4.78 is 9.39. The number of anilines is 1. The number of carbonyl (C=O) groups excluding carboxylic acids is 3. The number of amides is 1. The normalized spacial score (nSPS) is 10.1. The van der Waals surface area contributed by atoms with Gasteiger partial charge in [-0.1, -0.05) is 11.6 Å². The first kappa shape index (κ1) is 19.3. The molecule has 0 fully saturated rings. The number of esters is 2. The third-order valence-electron chi connectivity index (χ3n) is 3.02.